The summed E-state index contributed by atoms with van der Waals surface area (Å²) in [7, 11) is 1.31. The van der Waals surface area contributed by atoms with Crippen molar-refractivity contribution < 1.29 is 18.7 Å². The Morgan fingerprint density at radius 2 is 1.77 bits per heavy atom. The second-order valence-corrected chi connectivity index (χ2v) is 8.00. The maximum Gasteiger partial charge on any atom is 0.327 e. The average molecular weight is 472 g/mol. The van der Waals surface area contributed by atoms with Crippen molar-refractivity contribution in [2.75, 3.05) is 23.9 Å². The fraction of sp³-hybridized carbons (Fsp3) is 0.179. The lowest BCUT2D eigenvalue weighted by atomic mass is 10.0. The molecule has 0 saturated carbocycles. The van der Waals surface area contributed by atoms with E-state index in [1.165, 1.54) is 18.1 Å². The number of hydrogen-bond donors (Lipinski definition) is 1. The van der Waals surface area contributed by atoms with Gasteiger partial charge in [0, 0.05) is 24.2 Å². The van der Waals surface area contributed by atoms with Gasteiger partial charge in [-0.25, -0.2) is 14.2 Å². The molecule has 0 atom stereocenters. The van der Waals surface area contributed by atoms with Gasteiger partial charge < -0.3 is 10.1 Å². The molecule has 1 aromatic heterocycles. The summed E-state index contributed by atoms with van der Waals surface area (Å²) >= 11 is 0. The van der Waals surface area contributed by atoms with E-state index in [4.69, 9.17) is 0 Å². The van der Waals surface area contributed by atoms with E-state index in [-0.39, 0.29) is 24.8 Å². The van der Waals surface area contributed by atoms with Gasteiger partial charge in [-0.15, -0.1) is 0 Å². The first-order valence-electron chi connectivity index (χ1n) is 11.4. The molecule has 178 valence electrons. The van der Waals surface area contributed by atoms with Crippen LogP contribution in [0.3, 0.4) is 0 Å². The zero-order valence-electron chi connectivity index (χ0n) is 19.6. The Labute approximate surface area is 203 Å². The molecule has 0 saturated heterocycles. The number of carbonyl (C=O) groups excluding carboxylic acids is 2. The number of anilines is 2. The van der Waals surface area contributed by atoms with E-state index in [1.807, 2.05) is 49.4 Å². The number of nitrogens with zero attached hydrogens (tertiary/aromatic N) is 2. The molecule has 6 nitrogen and oxygen atoms in total. The number of fused-ring (bicyclic) bond motifs is 1. The van der Waals surface area contributed by atoms with Crippen molar-refractivity contribution in [3.8, 4) is 11.3 Å². The number of benzene rings is 3. The minimum absolute atomic E-state index is 0.109. The Morgan fingerprint density at radius 1 is 0.971 bits per heavy atom. The number of carbonyl (C=O) groups is 2. The molecule has 1 N–H and O–H groups in total. The van der Waals surface area contributed by atoms with E-state index in [9.17, 15) is 14.0 Å². The number of rotatable bonds is 7. The van der Waals surface area contributed by atoms with Crippen molar-refractivity contribution in [3.63, 3.8) is 0 Å². The smallest absolute Gasteiger partial charge is 0.327 e. The quantitative estimate of drug-likeness (QED) is 0.326. The number of methoxy groups -OCH3 is 1. The Hall–Kier alpha value is -4.26. The number of hydrogen-bond acceptors (Lipinski definition) is 4. The highest BCUT2D eigenvalue weighted by atomic mass is 19.1. The lowest BCUT2D eigenvalue weighted by molar-refractivity contribution is -0.140. The van der Waals surface area contributed by atoms with Crippen molar-refractivity contribution in [2.24, 2.45) is 0 Å². The maximum absolute atomic E-state index is 14.6. The summed E-state index contributed by atoms with van der Waals surface area (Å²) in [6.45, 7) is 2.26. The number of amides is 2. The molecule has 4 aromatic rings. The zero-order valence-corrected chi connectivity index (χ0v) is 19.6. The van der Waals surface area contributed by atoms with Crippen LogP contribution in [0.1, 0.15) is 18.9 Å². The largest absolute Gasteiger partial charge is 0.469 e. The highest BCUT2D eigenvalue weighted by Gasteiger charge is 2.17. The van der Waals surface area contributed by atoms with Gasteiger partial charge in [0.15, 0.2) is 0 Å². The summed E-state index contributed by atoms with van der Waals surface area (Å²) in [4.78, 5) is 30.5. The van der Waals surface area contributed by atoms with E-state index in [2.05, 4.69) is 15.0 Å². The molecular formula is C28H26FN3O3. The molecule has 2 amide bonds. The first kappa shape index (κ1) is 23.9. The highest BCUT2D eigenvalue weighted by Crippen LogP contribution is 2.25. The highest BCUT2D eigenvalue weighted by molar-refractivity contribution is 6.02. The van der Waals surface area contributed by atoms with Gasteiger partial charge in [-0.05, 0) is 60.0 Å². The SMILES string of the molecule is CCN(C(=O)Nc1ccc2ccccc2c1)c1cccc(-c2ccc(CCC(=O)OC)c(F)c2)n1. The van der Waals surface area contributed by atoms with E-state index >= 15 is 0 Å². The van der Waals surface area contributed by atoms with Crippen molar-refractivity contribution in [2.45, 2.75) is 19.8 Å². The van der Waals surface area contributed by atoms with Gasteiger partial charge in [0.1, 0.15) is 11.6 Å². The van der Waals surface area contributed by atoms with Gasteiger partial charge in [0.25, 0.3) is 0 Å². The van der Waals surface area contributed by atoms with Gasteiger partial charge in [-0.3, -0.25) is 9.69 Å². The van der Waals surface area contributed by atoms with Gasteiger partial charge in [-0.1, -0.05) is 48.5 Å². The molecular weight excluding hydrogens is 445 g/mol. The Bertz CT molecular complexity index is 1370. The van der Waals surface area contributed by atoms with Gasteiger partial charge >= 0.3 is 12.0 Å². The van der Waals surface area contributed by atoms with Crippen LogP contribution in [0.25, 0.3) is 22.0 Å². The number of ether oxygens (including phenoxy) is 1. The molecule has 0 fully saturated rings. The molecule has 1 heterocycles. The fourth-order valence-electron chi connectivity index (χ4n) is 3.85. The first-order chi connectivity index (χ1) is 17.0. The Kier molecular flexibility index (Phi) is 7.35. The maximum atomic E-state index is 14.6. The monoisotopic (exact) mass is 471 g/mol. The third-order valence-electron chi connectivity index (χ3n) is 5.75. The summed E-state index contributed by atoms with van der Waals surface area (Å²) in [5.41, 5.74) is 2.24. The molecule has 3 aromatic carbocycles. The van der Waals surface area contributed by atoms with E-state index in [0.29, 0.717) is 34.9 Å². The molecule has 0 aliphatic rings. The zero-order chi connectivity index (χ0) is 24.8. The van der Waals surface area contributed by atoms with Crippen LogP contribution in [0.15, 0.2) is 78.9 Å². The normalized spacial score (nSPS) is 10.7. The van der Waals surface area contributed by atoms with Crippen molar-refractivity contribution in [1.82, 2.24) is 4.98 Å². The van der Waals surface area contributed by atoms with Crippen LogP contribution in [0.5, 0.6) is 0 Å². The minimum Gasteiger partial charge on any atom is -0.469 e. The fourth-order valence-corrected chi connectivity index (χ4v) is 3.85. The average Bonchev–Trinajstić information content (AvgIpc) is 2.88. The van der Waals surface area contributed by atoms with Crippen molar-refractivity contribution in [1.29, 1.82) is 0 Å². The minimum atomic E-state index is -0.417. The molecule has 0 unspecified atom stereocenters. The molecule has 35 heavy (non-hydrogen) atoms. The molecule has 4 rings (SSSR count). The van der Waals surface area contributed by atoms with E-state index < -0.39 is 5.82 Å². The topological polar surface area (TPSA) is 71.5 Å². The van der Waals surface area contributed by atoms with Gasteiger partial charge in [0.2, 0.25) is 0 Å². The third-order valence-corrected chi connectivity index (χ3v) is 5.75. The molecule has 0 bridgehead atoms. The number of aryl methyl sites for hydroxylation is 1. The standard InChI is InChI=1S/C28H26FN3O3/c1-3-32(28(34)30-23-15-13-19-7-4-5-8-21(19)17-23)26-10-6-9-25(31-26)22-12-11-20(24(29)18-22)14-16-27(33)35-2/h4-13,15,17-18H,3,14,16H2,1-2H3,(H,30,34). The second kappa shape index (κ2) is 10.8. The van der Waals surface area contributed by atoms with Gasteiger partial charge in [0.05, 0.1) is 12.8 Å². The predicted octanol–water partition coefficient (Wildman–Crippen LogP) is 6.20. The summed E-state index contributed by atoms with van der Waals surface area (Å²) < 4.78 is 19.3. The first-order valence-corrected chi connectivity index (χ1v) is 11.4. The Balaban J connectivity index is 1.52. The number of halogens is 1. The number of esters is 1. The second-order valence-electron chi connectivity index (χ2n) is 8.00. The van der Waals surface area contributed by atoms with Crippen LogP contribution in [0.2, 0.25) is 0 Å². The number of urea groups is 1. The van der Waals surface area contributed by atoms with E-state index in [1.54, 1.807) is 30.3 Å². The van der Waals surface area contributed by atoms with Crippen LogP contribution >= 0.6 is 0 Å². The van der Waals surface area contributed by atoms with Crippen LogP contribution in [0, 0.1) is 5.82 Å². The number of aromatic nitrogens is 1. The van der Waals surface area contributed by atoms with Gasteiger partial charge in [-0.2, -0.15) is 0 Å². The summed E-state index contributed by atoms with van der Waals surface area (Å²) in [5, 5.41) is 5.06. The van der Waals surface area contributed by atoms with Crippen LogP contribution in [-0.4, -0.2) is 30.6 Å². The van der Waals surface area contributed by atoms with E-state index in [0.717, 1.165) is 10.8 Å². The molecule has 0 radical (unpaired) electrons. The van der Waals surface area contributed by atoms with Crippen molar-refractivity contribution >= 4 is 34.3 Å². The summed E-state index contributed by atoms with van der Waals surface area (Å²) in [5.74, 6) is -0.345. The Morgan fingerprint density at radius 3 is 2.51 bits per heavy atom. The van der Waals surface area contributed by atoms with Crippen LogP contribution < -0.4 is 10.2 Å². The summed E-state index contributed by atoms with van der Waals surface area (Å²) in [6, 6.07) is 23.5. The predicted molar refractivity (Wildman–Crippen MR) is 136 cm³/mol. The summed E-state index contributed by atoms with van der Waals surface area (Å²) in [6.07, 6.45) is 0.364. The molecule has 0 aliphatic heterocycles. The van der Waals surface area contributed by atoms with Crippen LogP contribution in [-0.2, 0) is 16.0 Å². The molecule has 0 aliphatic carbocycles. The third kappa shape index (κ3) is 5.63. The van der Waals surface area contributed by atoms with Crippen LogP contribution in [0.4, 0.5) is 20.7 Å². The number of pyridine rings is 1. The number of nitrogens with one attached hydrogen (secondary N) is 1. The molecule has 7 heteroatoms. The van der Waals surface area contributed by atoms with Crippen molar-refractivity contribution in [3.05, 3.63) is 90.2 Å². The lowest BCUT2D eigenvalue weighted by Gasteiger charge is -2.21. The molecule has 0 spiro atoms. The lowest BCUT2D eigenvalue weighted by Crippen LogP contribution is -2.35.